The van der Waals surface area contributed by atoms with E-state index < -0.39 is 9.84 Å². The van der Waals surface area contributed by atoms with Crippen molar-refractivity contribution in [1.29, 1.82) is 0 Å². The first-order valence-electron chi connectivity index (χ1n) is 10.2. The highest BCUT2D eigenvalue weighted by Gasteiger charge is 2.35. The summed E-state index contributed by atoms with van der Waals surface area (Å²) in [6, 6.07) is 7.73. The summed E-state index contributed by atoms with van der Waals surface area (Å²) in [5.74, 6) is 0.0453. The summed E-state index contributed by atoms with van der Waals surface area (Å²) in [5, 5.41) is 7.63. The molecule has 0 bridgehead atoms. The Labute approximate surface area is 166 Å². The van der Waals surface area contributed by atoms with Crippen LogP contribution >= 0.6 is 0 Å². The van der Waals surface area contributed by atoms with Crippen LogP contribution < -0.4 is 5.32 Å². The van der Waals surface area contributed by atoms with Crippen LogP contribution in [0, 0.1) is 0 Å². The normalized spacial score (nSPS) is 20.2. The van der Waals surface area contributed by atoms with Crippen LogP contribution in [0.15, 0.2) is 24.3 Å². The third-order valence-corrected chi connectivity index (χ3v) is 7.48. The number of sulfone groups is 1. The second-order valence-electron chi connectivity index (χ2n) is 7.88. The number of hydrogen-bond acceptors (Lipinski definition) is 4. The Kier molecular flexibility index (Phi) is 5.27. The Morgan fingerprint density at radius 2 is 2.04 bits per heavy atom. The van der Waals surface area contributed by atoms with E-state index in [9.17, 15) is 13.2 Å². The Hall–Kier alpha value is -2.15. The monoisotopic (exact) mass is 401 g/mol. The molecule has 6 nitrogen and oxygen atoms in total. The number of unbranched alkanes of at least 4 members (excludes halogenated alkanes) is 1. The van der Waals surface area contributed by atoms with Gasteiger partial charge in [0.2, 0.25) is 0 Å². The molecule has 0 saturated carbocycles. The van der Waals surface area contributed by atoms with Crippen LogP contribution in [0.5, 0.6) is 0 Å². The molecule has 28 heavy (non-hydrogen) atoms. The number of hydrogen-bond donors (Lipinski definition) is 1. The van der Waals surface area contributed by atoms with Crippen molar-refractivity contribution in [3.05, 3.63) is 46.8 Å². The average molecular weight is 402 g/mol. The summed E-state index contributed by atoms with van der Waals surface area (Å²) in [6.45, 7) is 2.17. The van der Waals surface area contributed by atoms with Crippen molar-refractivity contribution >= 4 is 21.4 Å². The number of carbonyl (C=O) groups is 1. The topological polar surface area (TPSA) is 81.1 Å². The number of nitrogens with zero attached hydrogens (tertiary/aromatic N) is 2. The lowest BCUT2D eigenvalue weighted by Gasteiger charge is -2.15. The summed E-state index contributed by atoms with van der Waals surface area (Å²) in [5.41, 5.74) is 4.50. The molecule has 4 rings (SSSR count). The average Bonchev–Trinajstić information content (AvgIpc) is 3.34. The van der Waals surface area contributed by atoms with Crippen molar-refractivity contribution in [2.24, 2.45) is 0 Å². The van der Waals surface area contributed by atoms with Crippen LogP contribution in [0.3, 0.4) is 0 Å². The Bertz CT molecular complexity index is 977. The number of aromatic nitrogens is 2. The van der Waals surface area contributed by atoms with E-state index in [4.69, 9.17) is 0 Å². The zero-order valence-electron chi connectivity index (χ0n) is 16.3. The molecule has 1 aromatic carbocycles. The maximum absolute atomic E-state index is 13.1. The van der Waals surface area contributed by atoms with Gasteiger partial charge in [0, 0.05) is 11.3 Å². The van der Waals surface area contributed by atoms with E-state index in [0.29, 0.717) is 12.1 Å². The standard InChI is InChI=1S/C21H27N3O3S/c1-2-3-5-15-8-10-16(11-9-15)22-21(25)20-18-6-4-7-19(18)23-24(20)17-12-13-28(26,27)14-17/h8-11,17H,2-7,12-14H2,1H3,(H,22,25). The summed E-state index contributed by atoms with van der Waals surface area (Å²) < 4.78 is 25.5. The predicted molar refractivity (Wildman–Crippen MR) is 110 cm³/mol. The molecule has 2 aromatic rings. The van der Waals surface area contributed by atoms with E-state index >= 15 is 0 Å². The molecule has 1 aliphatic carbocycles. The number of aryl methyl sites for hydroxylation is 2. The minimum Gasteiger partial charge on any atom is -0.321 e. The molecule has 1 atom stereocenters. The minimum absolute atomic E-state index is 0.0694. The number of anilines is 1. The number of fused-ring (bicyclic) bond motifs is 1. The number of benzene rings is 1. The molecular weight excluding hydrogens is 374 g/mol. The van der Waals surface area contributed by atoms with Crippen molar-refractivity contribution in [3.63, 3.8) is 0 Å². The van der Waals surface area contributed by atoms with Crippen LogP contribution in [0.2, 0.25) is 0 Å². The summed E-state index contributed by atoms with van der Waals surface area (Å²) >= 11 is 0. The zero-order chi connectivity index (χ0) is 19.7. The summed E-state index contributed by atoms with van der Waals surface area (Å²) in [4.78, 5) is 13.1. The van der Waals surface area contributed by atoms with Crippen molar-refractivity contribution in [1.82, 2.24) is 9.78 Å². The molecule has 7 heteroatoms. The first kappa shape index (κ1) is 19.2. The molecule has 1 fully saturated rings. The first-order valence-corrected chi connectivity index (χ1v) is 12.0. The molecule has 1 aliphatic heterocycles. The molecular formula is C21H27N3O3S. The van der Waals surface area contributed by atoms with Crippen LogP contribution in [0.25, 0.3) is 0 Å². The Balaban J connectivity index is 1.57. The lowest BCUT2D eigenvalue weighted by Crippen LogP contribution is -2.23. The van der Waals surface area contributed by atoms with Crippen LogP contribution in [-0.2, 0) is 29.1 Å². The molecule has 2 aliphatic rings. The van der Waals surface area contributed by atoms with E-state index in [1.165, 1.54) is 5.56 Å². The van der Waals surface area contributed by atoms with E-state index in [0.717, 1.165) is 55.5 Å². The smallest absolute Gasteiger partial charge is 0.274 e. The second-order valence-corrected chi connectivity index (χ2v) is 10.1. The van der Waals surface area contributed by atoms with Gasteiger partial charge < -0.3 is 5.32 Å². The van der Waals surface area contributed by atoms with Gasteiger partial charge in [-0.2, -0.15) is 5.10 Å². The first-order chi connectivity index (χ1) is 13.5. The van der Waals surface area contributed by atoms with Gasteiger partial charge in [0.15, 0.2) is 9.84 Å². The maximum atomic E-state index is 13.1. The highest BCUT2D eigenvalue weighted by atomic mass is 32.2. The molecule has 1 unspecified atom stereocenters. The molecule has 2 heterocycles. The van der Waals surface area contributed by atoms with E-state index in [1.807, 2.05) is 12.1 Å². The molecule has 1 saturated heterocycles. The quantitative estimate of drug-likeness (QED) is 0.805. The van der Waals surface area contributed by atoms with E-state index in [1.54, 1.807) is 4.68 Å². The fraction of sp³-hybridized carbons (Fsp3) is 0.524. The molecule has 1 N–H and O–H groups in total. The lowest BCUT2D eigenvalue weighted by molar-refractivity contribution is 0.101. The maximum Gasteiger partial charge on any atom is 0.274 e. The van der Waals surface area contributed by atoms with Gasteiger partial charge in [0.25, 0.3) is 5.91 Å². The van der Waals surface area contributed by atoms with Gasteiger partial charge in [-0.25, -0.2) is 8.42 Å². The van der Waals surface area contributed by atoms with Crippen molar-refractivity contribution in [3.8, 4) is 0 Å². The highest BCUT2D eigenvalue weighted by molar-refractivity contribution is 7.91. The SMILES string of the molecule is CCCCc1ccc(NC(=O)c2c3c(nn2C2CCS(=O)(=O)C2)CCC3)cc1. The zero-order valence-corrected chi connectivity index (χ0v) is 17.1. The fourth-order valence-electron chi connectivity index (χ4n) is 4.21. The largest absolute Gasteiger partial charge is 0.321 e. The van der Waals surface area contributed by atoms with Gasteiger partial charge in [0.1, 0.15) is 5.69 Å². The van der Waals surface area contributed by atoms with Crippen molar-refractivity contribution < 1.29 is 13.2 Å². The van der Waals surface area contributed by atoms with Gasteiger partial charge in [0.05, 0.1) is 23.2 Å². The van der Waals surface area contributed by atoms with E-state index in [2.05, 4.69) is 29.5 Å². The van der Waals surface area contributed by atoms with Crippen LogP contribution in [0.4, 0.5) is 5.69 Å². The number of carbonyl (C=O) groups excluding carboxylic acids is 1. The third-order valence-electron chi connectivity index (χ3n) is 5.73. The van der Waals surface area contributed by atoms with Gasteiger partial charge in [-0.15, -0.1) is 0 Å². The van der Waals surface area contributed by atoms with Gasteiger partial charge in [-0.05, 0) is 56.2 Å². The minimum atomic E-state index is -3.04. The molecule has 0 radical (unpaired) electrons. The Morgan fingerprint density at radius 3 is 2.71 bits per heavy atom. The predicted octanol–water partition coefficient (Wildman–Crippen LogP) is 3.33. The van der Waals surface area contributed by atoms with Gasteiger partial charge in [-0.3, -0.25) is 9.48 Å². The summed E-state index contributed by atoms with van der Waals surface area (Å²) in [7, 11) is -3.04. The van der Waals surface area contributed by atoms with Gasteiger partial charge >= 0.3 is 0 Å². The molecule has 1 amide bonds. The third kappa shape index (κ3) is 3.85. The highest BCUT2D eigenvalue weighted by Crippen LogP contribution is 2.31. The Morgan fingerprint density at radius 1 is 1.25 bits per heavy atom. The van der Waals surface area contributed by atoms with Crippen LogP contribution in [0.1, 0.15) is 66.0 Å². The fourth-order valence-corrected chi connectivity index (χ4v) is 5.90. The second kappa shape index (κ2) is 7.70. The van der Waals surface area contributed by atoms with Crippen LogP contribution in [-0.4, -0.2) is 35.6 Å². The number of amides is 1. The van der Waals surface area contributed by atoms with Gasteiger partial charge in [-0.1, -0.05) is 25.5 Å². The molecule has 1 aromatic heterocycles. The van der Waals surface area contributed by atoms with Crippen molar-refractivity contribution in [2.75, 3.05) is 16.8 Å². The van der Waals surface area contributed by atoms with Crippen molar-refractivity contribution in [2.45, 2.75) is 57.9 Å². The van der Waals surface area contributed by atoms with E-state index in [-0.39, 0.29) is 23.5 Å². The lowest BCUT2D eigenvalue weighted by atomic mass is 10.1. The summed E-state index contributed by atoms with van der Waals surface area (Å²) in [6.07, 6.45) is 6.55. The number of rotatable bonds is 6. The molecule has 150 valence electrons. The number of nitrogens with one attached hydrogen (secondary N) is 1. The molecule has 0 spiro atoms.